The second kappa shape index (κ2) is 5.53. The summed E-state index contributed by atoms with van der Waals surface area (Å²) in [6, 6.07) is 14.9. The summed E-state index contributed by atoms with van der Waals surface area (Å²) in [5, 5.41) is 9.66. The number of nitrogens with zero attached hydrogens (tertiary/aromatic N) is 1. The first kappa shape index (κ1) is 14.8. The Kier molecular flexibility index (Phi) is 3.28. The van der Waals surface area contributed by atoms with Crippen molar-refractivity contribution in [2.45, 2.75) is 24.7 Å². The lowest BCUT2D eigenvalue weighted by atomic mass is 9.72. The lowest BCUT2D eigenvalue weighted by Crippen LogP contribution is -2.29. The van der Waals surface area contributed by atoms with Gasteiger partial charge in [-0.3, -0.25) is 9.89 Å². The Morgan fingerprint density at radius 2 is 2.00 bits per heavy atom. The third kappa shape index (κ3) is 2.32. The summed E-state index contributed by atoms with van der Waals surface area (Å²) in [6.45, 7) is 0. The van der Waals surface area contributed by atoms with E-state index in [0.29, 0.717) is 5.69 Å². The number of rotatable bonds is 4. The minimum atomic E-state index is -0.200. The molecule has 2 aromatic heterocycles. The number of ketones is 1. The second-order valence-corrected chi connectivity index (χ2v) is 7.88. The monoisotopic (exact) mass is 346 g/mol. The van der Waals surface area contributed by atoms with Gasteiger partial charge < -0.3 is 0 Å². The van der Waals surface area contributed by atoms with Crippen molar-refractivity contribution in [3.05, 3.63) is 81.3 Å². The van der Waals surface area contributed by atoms with E-state index in [9.17, 15) is 4.79 Å². The van der Waals surface area contributed by atoms with Crippen molar-refractivity contribution in [2.75, 3.05) is 0 Å². The lowest BCUT2D eigenvalue weighted by Gasteiger charge is -2.33. The number of aromatic nitrogens is 2. The van der Waals surface area contributed by atoms with Crippen molar-refractivity contribution in [1.82, 2.24) is 10.2 Å². The third-order valence-corrected chi connectivity index (χ3v) is 6.35. The van der Waals surface area contributed by atoms with Gasteiger partial charge >= 0.3 is 0 Å². The van der Waals surface area contributed by atoms with Gasteiger partial charge in [-0.2, -0.15) is 5.10 Å². The van der Waals surface area contributed by atoms with Crippen LogP contribution in [0.5, 0.6) is 0 Å². The molecule has 4 heteroatoms. The molecule has 124 valence electrons. The number of hydrogen-bond acceptors (Lipinski definition) is 3. The van der Waals surface area contributed by atoms with Gasteiger partial charge in [-0.05, 0) is 29.9 Å². The predicted octanol–water partition coefficient (Wildman–Crippen LogP) is 4.62. The van der Waals surface area contributed by atoms with E-state index < -0.39 is 0 Å². The molecule has 3 nitrogen and oxygen atoms in total. The highest BCUT2D eigenvalue weighted by Gasteiger charge is 2.39. The van der Waals surface area contributed by atoms with Crippen LogP contribution in [0.15, 0.2) is 53.9 Å². The molecule has 0 aliphatic heterocycles. The van der Waals surface area contributed by atoms with Crippen LogP contribution in [0, 0.1) is 5.92 Å². The fourth-order valence-electron chi connectivity index (χ4n) is 3.77. The van der Waals surface area contributed by atoms with Gasteiger partial charge in [0.2, 0.25) is 0 Å². The third-order valence-electron chi connectivity index (χ3n) is 5.30. The summed E-state index contributed by atoms with van der Waals surface area (Å²) in [5.74, 6) is 0.393. The van der Waals surface area contributed by atoms with Crippen LogP contribution in [0.2, 0.25) is 0 Å². The number of carbonyl (C=O) groups excluding carboxylic acids is 1. The Labute approximate surface area is 150 Å². The highest BCUT2D eigenvalue weighted by atomic mass is 32.1. The van der Waals surface area contributed by atoms with Gasteiger partial charge in [0, 0.05) is 28.5 Å². The van der Waals surface area contributed by atoms with Gasteiger partial charge in [0.25, 0.3) is 0 Å². The number of allylic oxidation sites excluding steroid dienone is 1. The summed E-state index contributed by atoms with van der Waals surface area (Å²) in [7, 11) is 0. The SMILES string of the molecule is O=C(c1n[nH]c2c1C=CC(c1ccccc1)(c1cccs1)C2)C1CC1. The number of nitrogens with one attached hydrogen (secondary N) is 1. The molecule has 25 heavy (non-hydrogen) atoms. The maximum atomic E-state index is 12.5. The van der Waals surface area contributed by atoms with Crippen LogP contribution in [0.1, 0.15) is 45.0 Å². The summed E-state index contributed by atoms with van der Waals surface area (Å²) in [5.41, 5.74) is 3.74. The van der Waals surface area contributed by atoms with E-state index in [-0.39, 0.29) is 17.1 Å². The second-order valence-electron chi connectivity index (χ2n) is 6.93. The van der Waals surface area contributed by atoms with E-state index in [0.717, 1.165) is 30.5 Å². The molecule has 0 saturated heterocycles. The number of carbonyl (C=O) groups is 1. The molecule has 1 N–H and O–H groups in total. The number of fused-ring (bicyclic) bond motifs is 1. The van der Waals surface area contributed by atoms with Crippen molar-refractivity contribution in [1.29, 1.82) is 0 Å². The number of Topliss-reactive ketones (excluding diaryl/α,β-unsaturated/α-hetero) is 1. The van der Waals surface area contributed by atoms with E-state index >= 15 is 0 Å². The highest BCUT2D eigenvalue weighted by Crippen LogP contribution is 2.44. The molecule has 1 fully saturated rings. The van der Waals surface area contributed by atoms with Gasteiger partial charge in [0.1, 0.15) is 5.69 Å². The molecule has 1 atom stereocenters. The van der Waals surface area contributed by atoms with E-state index in [4.69, 9.17) is 0 Å². The first-order valence-electron chi connectivity index (χ1n) is 8.68. The van der Waals surface area contributed by atoms with Crippen LogP contribution in [0.4, 0.5) is 0 Å². The Hall–Kier alpha value is -2.46. The number of thiophene rings is 1. The summed E-state index contributed by atoms with van der Waals surface area (Å²) >= 11 is 1.77. The average Bonchev–Trinajstić information content (AvgIpc) is 3.19. The Morgan fingerprint density at radius 3 is 2.72 bits per heavy atom. The maximum absolute atomic E-state index is 12.5. The molecular formula is C21H18N2OS. The molecule has 1 unspecified atom stereocenters. The highest BCUT2D eigenvalue weighted by molar-refractivity contribution is 7.10. The van der Waals surface area contributed by atoms with Gasteiger partial charge in [-0.25, -0.2) is 0 Å². The number of hydrogen-bond donors (Lipinski definition) is 1. The van der Waals surface area contributed by atoms with Crippen LogP contribution in [0.25, 0.3) is 6.08 Å². The van der Waals surface area contributed by atoms with Crippen molar-refractivity contribution < 1.29 is 4.79 Å². The molecule has 0 spiro atoms. The molecule has 5 rings (SSSR count). The molecule has 0 bridgehead atoms. The molecule has 0 radical (unpaired) electrons. The molecule has 1 saturated carbocycles. The number of aromatic amines is 1. The van der Waals surface area contributed by atoms with Crippen molar-refractivity contribution in [2.24, 2.45) is 5.92 Å². The number of H-pyrrole nitrogens is 1. The maximum Gasteiger partial charge on any atom is 0.186 e. The van der Waals surface area contributed by atoms with Crippen LogP contribution in [-0.4, -0.2) is 16.0 Å². The van der Waals surface area contributed by atoms with Crippen molar-refractivity contribution >= 4 is 23.2 Å². The van der Waals surface area contributed by atoms with Crippen LogP contribution >= 0.6 is 11.3 Å². The van der Waals surface area contributed by atoms with E-state index in [1.807, 2.05) is 6.07 Å². The zero-order valence-corrected chi connectivity index (χ0v) is 14.6. The van der Waals surface area contributed by atoms with Crippen LogP contribution in [0.3, 0.4) is 0 Å². The smallest absolute Gasteiger partial charge is 0.186 e. The number of benzene rings is 1. The van der Waals surface area contributed by atoms with Gasteiger partial charge in [0.15, 0.2) is 5.78 Å². The lowest BCUT2D eigenvalue weighted by molar-refractivity contribution is 0.0962. The van der Waals surface area contributed by atoms with Gasteiger partial charge in [-0.15, -0.1) is 11.3 Å². The molecular weight excluding hydrogens is 328 g/mol. The minimum Gasteiger partial charge on any atom is -0.292 e. The first-order chi connectivity index (χ1) is 12.3. The normalized spacial score (nSPS) is 21.9. The van der Waals surface area contributed by atoms with Gasteiger partial charge in [0.05, 0.1) is 5.41 Å². The summed E-state index contributed by atoms with van der Waals surface area (Å²) < 4.78 is 0. The van der Waals surface area contributed by atoms with Crippen LogP contribution in [-0.2, 0) is 11.8 Å². The zero-order chi connectivity index (χ0) is 16.9. The molecule has 1 aromatic carbocycles. The minimum absolute atomic E-state index is 0.193. The standard InChI is InChI=1S/C21H18N2OS/c24-20(14-8-9-14)19-16-10-11-21(13-17(16)22-23-19,18-7-4-12-25-18)15-5-2-1-3-6-15/h1-7,10-12,14H,8-9,13H2,(H,22,23). The summed E-state index contributed by atoms with van der Waals surface area (Å²) in [4.78, 5) is 13.8. The Bertz CT molecular complexity index is 951. The predicted molar refractivity (Wildman–Crippen MR) is 99.9 cm³/mol. The van der Waals surface area contributed by atoms with Crippen molar-refractivity contribution in [3.63, 3.8) is 0 Å². The molecule has 2 aliphatic rings. The molecule has 2 aliphatic carbocycles. The largest absolute Gasteiger partial charge is 0.292 e. The van der Waals surface area contributed by atoms with Crippen molar-refractivity contribution in [3.8, 4) is 0 Å². The Balaban J connectivity index is 1.62. The quantitative estimate of drug-likeness (QED) is 0.701. The molecule has 3 aromatic rings. The van der Waals surface area contributed by atoms with Gasteiger partial charge in [-0.1, -0.05) is 48.6 Å². The fourth-order valence-corrected chi connectivity index (χ4v) is 4.70. The van der Waals surface area contributed by atoms with E-state index in [1.165, 1.54) is 10.4 Å². The molecule has 2 heterocycles. The van der Waals surface area contributed by atoms with Crippen LogP contribution < -0.4 is 0 Å². The summed E-state index contributed by atoms with van der Waals surface area (Å²) in [6.07, 6.45) is 7.18. The Morgan fingerprint density at radius 1 is 1.16 bits per heavy atom. The van der Waals surface area contributed by atoms with E-state index in [2.05, 4.69) is 64.1 Å². The topological polar surface area (TPSA) is 45.8 Å². The average molecular weight is 346 g/mol. The zero-order valence-electron chi connectivity index (χ0n) is 13.7. The van der Waals surface area contributed by atoms with E-state index in [1.54, 1.807) is 11.3 Å². The fraction of sp³-hybridized carbons (Fsp3) is 0.238. The molecule has 0 amide bonds. The first-order valence-corrected chi connectivity index (χ1v) is 9.56.